The third kappa shape index (κ3) is 4.65. The zero-order valence-electron chi connectivity index (χ0n) is 16.3. The number of anilines is 1. The molecule has 1 aliphatic rings. The van der Waals surface area contributed by atoms with Crippen LogP contribution in [0.4, 0.5) is 10.5 Å². The monoisotopic (exact) mass is 399 g/mol. The Hall–Kier alpha value is -2.53. The van der Waals surface area contributed by atoms with Gasteiger partial charge < -0.3 is 15.5 Å². The molecular weight excluding hydrogens is 374 g/mol. The van der Waals surface area contributed by atoms with Crippen LogP contribution < -0.4 is 10.6 Å². The Balaban J connectivity index is 1.62. The molecule has 5 nitrogen and oxygen atoms in total. The van der Waals surface area contributed by atoms with Gasteiger partial charge in [-0.05, 0) is 49.9 Å². The molecule has 1 saturated heterocycles. The maximum Gasteiger partial charge on any atom is 0.321 e. The number of urea groups is 1. The number of carbonyl (C=O) groups excluding carboxylic acids is 2. The number of nitrogens with one attached hydrogen (secondary N) is 2. The minimum Gasteiger partial charge on any atom is -0.351 e. The van der Waals surface area contributed by atoms with Crippen LogP contribution in [-0.4, -0.2) is 29.9 Å². The van der Waals surface area contributed by atoms with Crippen molar-refractivity contribution in [3.63, 3.8) is 0 Å². The first-order valence-corrected chi connectivity index (χ1v) is 9.90. The topological polar surface area (TPSA) is 61.4 Å². The Kier molecular flexibility index (Phi) is 6.25. The second-order valence-electron chi connectivity index (χ2n) is 7.60. The average Bonchev–Trinajstić information content (AvgIpc) is 2.70. The van der Waals surface area contributed by atoms with Crippen molar-refractivity contribution in [1.82, 2.24) is 10.2 Å². The summed E-state index contributed by atoms with van der Waals surface area (Å²) in [5.74, 6) is -0.0206. The Morgan fingerprint density at radius 3 is 2.64 bits per heavy atom. The summed E-state index contributed by atoms with van der Waals surface area (Å²) in [4.78, 5) is 27.3. The number of likely N-dealkylation sites (tertiary alicyclic amines) is 1. The van der Waals surface area contributed by atoms with Crippen molar-refractivity contribution in [3.8, 4) is 0 Å². The summed E-state index contributed by atoms with van der Waals surface area (Å²) in [7, 11) is 0. The molecule has 0 unspecified atom stereocenters. The third-order valence-electron chi connectivity index (χ3n) is 5.34. The number of amides is 3. The van der Waals surface area contributed by atoms with Crippen LogP contribution >= 0.6 is 11.6 Å². The molecule has 6 heteroatoms. The van der Waals surface area contributed by atoms with E-state index in [9.17, 15) is 9.59 Å². The summed E-state index contributed by atoms with van der Waals surface area (Å²) >= 11 is 6.14. The number of benzene rings is 2. The van der Waals surface area contributed by atoms with Crippen LogP contribution in [-0.2, 0) is 11.3 Å². The number of hydrogen-bond acceptors (Lipinski definition) is 2. The first-order chi connectivity index (χ1) is 13.4. The molecule has 3 rings (SSSR count). The largest absolute Gasteiger partial charge is 0.351 e. The molecule has 28 heavy (non-hydrogen) atoms. The van der Waals surface area contributed by atoms with E-state index >= 15 is 0 Å². The molecule has 1 heterocycles. The summed E-state index contributed by atoms with van der Waals surface area (Å²) in [5, 5.41) is 6.56. The molecule has 0 radical (unpaired) electrons. The van der Waals surface area contributed by atoms with E-state index in [1.165, 1.54) is 0 Å². The molecule has 1 atom stereocenters. The highest BCUT2D eigenvalue weighted by Gasteiger charge is 2.39. The number of carbonyl (C=O) groups is 2. The van der Waals surface area contributed by atoms with Gasteiger partial charge in [-0.15, -0.1) is 0 Å². The molecule has 3 amide bonds. The van der Waals surface area contributed by atoms with Crippen molar-refractivity contribution in [2.45, 2.75) is 33.2 Å². The van der Waals surface area contributed by atoms with E-state index in [-0.39, 0.29) is 11.9 Å². The van der Waals surface area contributed by atoms with Gasteiger partial charge in [0.15, 0.2) is 0 Å². The fraction of sp³-hybridized carbons (Fsp3) is 0.364. The molecule has 0 aliphatic carbocycles. The molecule has 0 aromatic heterocycles. The lowest BCUT2D eigenvalue weighted by Crippen LogP contribution is -2.52. The summed E-state index contributed by atoms with van der Waals surface area (Å²) in [5.41, 5.74) is 1.98. The van der Waals surface area contributed by atoms with Crippen molar-refractivity contribution in [3.05, 3.63) is 64.7 Å². The predicted molar refractivity (Wildman–Crippen MR) is 112 cm³/mol. The van der Waals surface area contributed by atoms with Crippen LogP contribution in [0.15, 0.2) is 48.5 Å². The second kappa shape index (κ2) is 8.65. The van der Waals surface area contributed by atoms with Gasteiger partial charge in [0.1, 0.15) is 0 Å². The molecule has 0 spiro atoms. The van der Waals surface area contributed by atoms with Gasteiger partial charge in [0.25, 0.3) is 0 Å². The number of piperidine rings is 1. The van der Waals surface area contributed by atoms with Gasteiger partial charge in [-0.25, -0.2) is 4.79 Å². The fourth-order valence-electron chi connectivity index (χ4n) is 3.53. The number of hydrogen-bond donors (Lipinski definition) is 2. The van der Waals surface area contributed by atoms with Gasteiger partial charge in [0, 0.05) is 30.3 Å². The normalized spacial score (nSPS) is 19.2. The van der Waals surface area contributed by atoms with Crippen molar-refractivity contribution in [1.29, 1.82) is 0 Å². The molecule has 0 bridgehead atoms. The molecule has 1 fully saturated rings. The van der Waals surface area contributed by atoms with E-state index in [0.717, 1.165) is 24.0 Å². The molecule has 2 aromatic carbocycles. The smallest absolute Gasteiger partial charge is 0.321 e. The maximum absolute atomic E-state index is 12.8. The number of nitrogens with zero attached hydrogens (tertiary/aromatic N) is 1. The lowest BCUT2D eigenvalue weighted by Gasteiger charge is -2.39. The lowest BCUT2D eigenvalue weighted by molar-refractivity contribution is -0.132. The van der Waals surface area contributed by atoms with Crippen LogP contribution in [0.5, 0.6) is 0 Å². The van der Waals surface area contributed by atoms with E-state index in [0.29, 0.717) is 30.3 Å². The molecule has 0 saturated carbocycles. The van der Waals surface area contributed by atoms with E-state index in [2.05, 4.69) is 10.6 Å². The molecule has 1 aliphatic heterocycles. The van der Waals surface area contributed by atoms with Gasteiger partial charge in [0.2, 0.25) is 5.91 Å². The summed E-state index contributed by atoms with van der Waals surface area (Å²) < 4.78 is 0. The van der Waals surface area contributed by atoms with Gasteiger partial charge >= 0.3 is 6.03 Å². The molecule has 2 aromatic rings. The first kappa shape index (κ1) is 20.2. The zero-order valence-corrected chi connectivity index (χ0v) is 17.1. The van der Waals surface area contributed by atoms with E-state index in [4.69, 9.17) is 11.6 Å². The number of halogens is 1. The minimum absolute atomic E-state index is 0.0206. The Labute approximate surface area is 171 Å². The van der Waals surface area contributed by atoms with Crippen LogP contribution in [0, 0.1) is 12.3 Å². The standard InChI is InChI=1S/C22H26ClN3O2/c1-16-18(23)10-6-11-19(16)25-21(28)26-13-7-12-22(2,15-26)20(27)24-14-17-8-4-3-5-9-17/h3-6,8-11H,7,12-15H2,1-2H3,(H,24,27)(H,25,28)/t22-/m0/s1. The van der Waals surface area contributed by atoms with Crippen LogP contribution in [0.3, 0.4) is 0 Å². The van der Waals surface area contributed by atoms with Gasteiger partial charge in [-0.2, -0.15) is 0 Å². The van der Waals surface area contributed by atoms with Crippen LogP contribution in [0.25, 0.3) is 0 Å². The predicted octanol–water partition coefficient (Wildman–Crippen LogP) is 4.60. The van der Waals surface area contributed by atoms with Gasteiger partial charge in [-0.3, -0.25) is 4.79 Å². The average molecular weight is 400 g/mol. The summed E-state index contributed by atoms with van der Waals surface area (Å²) in [6, 6.07) is 15.0. The molecule has 2 N–H and O–H groups in total. The zero-order chi connectivity index (χ0) is 20.1. The molecule has 148 valence electrons. The van der Waals surface area contributed by atoms with E-state index in [1.807, 2.05) is 56.3 Å². The van der Waals surface area contributed by atoms with Gasteiger partial charge in [-0.1, -0.05) is 48.0 Å². The van der Waals surface area contributed by atoms with Crippen molar-refractivity contribution in [2.75, 3.05) is 18.4 Å². The second-order valence-corrected chi connectivity index (χ2v) is 8.00. The molecular formula is C22H26ClN3O2. The SMILES string of the molecule is Cc1c(Cl)cccc1NC(=O)N1CCC[C@](C)(C(=O)NCc2ccccc2)C1. The number of rotatable bonds is 4. The Morgan fingerprint density at radius 1 is 1.14 bits per heavy atom. The highest BCUT2D eigenvalue weighted by Crippen LogP contribution is 2.31. The lowest BCUT2D eigenvalue weighted by atomic mass is 9.81. The van der Waals surface area contributed by atoms with Gasteiger partial charge in [0.05, 0.1) is 5.41 Å². The van der Waals surface area contributed by atoms with Crippen LogP contribution in [0.1, 0.15) is 30.9 Å². The van der Waals surface area contributed by atoms with Crippen molar-refractivity contribution < 1.29 is 9.59 Å². The summed E-state index contributed by atoms with van der Waals surface area (Å²) in [6.45, 7) is 5.31. The summed E-state index contributed by atoms with van der Waals surface area (Å²) in [6.07, 6.45) is 1.55. The Bertz CT molecular complexity index is 856. The first-order valence-electron chi connectivity index (χ1n) is 9.52. The van der Waals surface area contributed by atoms with Crippen molar-refractivity contribution in [2.24, 2.45) is 5.41 Å². The highest BCUT2D eigenvalue weighted by atomic mass is 35.5. The maximum atomic E-state index is 12.8. The van der Waals surface area contributed by atoms with Crippen LogP contribution in [0.2, 0.25) is 5.02 Å². The van der Waals surface area contributed by atoms with Crippen molar-refractivity contribution >= 4 is 29.2 Å². The Morgan fingerprint density at radius 2 is 1.89 bits per heavy atom. The van der Waals surface area contributed by atoms with E-state index < -0.39 is 5.41 Å². The highest BCUT2D eigenvalue weighted by molar-refractivity contribution is 6.31. The quantitative estimate of drug-likeness (QED) is 0.789. The minimum atomic E-state index is -0.603. The fourth-order valence-corrected chi connectivity index (χ4v) is 3.70. The van der Waals surface area contributed by atoms with E-state index in [1.54, 1.807) is 11.0 Å². The third-order valence-corrected chi connectivity index (χ3v) is 5.75.